The molecule has 112 valence electrons. The minimum Gasteiger partial charge on any atom is -0.364 e. The first-order chi connectivity index (χ1) is 10.6. The quantitative estimate of drug-likeness (QED) is 0.829. The van der Waals surface area contributed by atoms with Crippen molar-refractivity contribution in [2.45, 2.75) is 11.3 Å². The number of nitrogens with one attached hydrogen (secondary N) is 2. The molecular weight excluding hydrogens is 319 g/mol. The van der Waals surface area contributed by atoms with Crippen molar-refractivity contribution in [2.75, 3.05) is 23.4 Å². The van der Waals surface area contributed by atoms with E-state index in [1.54, 1.807) is 30.8 Å². The molecule has 3 rings (SSSR count). The molecule has 2 aromatic rings. The molecule has 1 aromatic carbocycles. The Hall–Kier alpha value is -2.04. The second-order valence-electron chi connectivity index (χ2n) is 4.77. The average Bonchev–Trinajstić information content (AvgIpc) is 2.95. The smallest absolute Gasteiger partial charge is 0.152 e. The lowest BCUT2D eigenvalue weighted by atomic mass is 10.1. The van der Waals surface area contributed by atoms with Crippen molar-refractivity contribution >= 4 is 40.3 Å². The second kappa shape index (κ2) is 5.99. The van der Waals surface area contributed by atoms with Crippen molar-refractivity contribution in [3.8, 4) is 6.07 Å². The summed E-state index contributed by atoms with van der Waals surface area (Å²) < 4.78 is 14.3. The fourth-order valence-electron chi connectivity index (χ4n) is 2.17. The van der Waals surface area contributed by atoms with E-state index in [0.29, 0.717) is 17.7 Å². The molecule has 0 aliphatic carbocycles. The third kappa shape index (κ3) is 2.67. The van der Waals surface area contributed by atoms with E-state index in [0.717, 1.165) is 26.4 Å². The van der Waals surface area contributed by atoms with Gasteiger partial charge in [-0.1, -0.05) is 11.8 Å². The first-order valence-corrected chi connectivity index (χ1v) is 8.62. The zero-order chi connectivity index (χ0) is 15.7. The lowest BCUT2D eigenvalue weighted by Crippen LogP contribution is -2.16. The largest absolute Gasteiger partial charge is 0.364 e. The highest BCUT2D eigenvalue weighted by atomic mass is 32.2. The lowest BCUT2D eigenvalue weighted by Gasteiger charge is -2.19. The molecule has 0 fully saturated rings. The van der Waals surface area contributed by atoms with E-state index in [9.17, 15) is 9.65 Å². The van der Waals surface area contributed by atoms with Crippen molar-refractivity contribution in [3.05, 3.63) is 40.0 Å². The van der Waals surface area contributed by atoms with Crippen molar-refractivity contribution in [1.29, 1.82) is 5.26 Å². The van der Waals surface area contributed by atoms with Gasteiger partial charge in [-0.15, -0.1) is 11.3 Å². The highest BCUT2D eigenvalue weighted by Crippen LogP contribution is 2.38. The third-order valence-electron chi connectivity index (χ3n) is 3.31. The molecule has 0 saturated heterocycles. The number of halogens is 1. The van der Waals surface area contributed by atoms with Crippen LogP contribution in [0.25, 0.3) is 5.70 Å². The van der Waals surface area contributed by atoms with Gasteiger partial charge in [0.05, 0.1) is 28.8 Å². The van der Waals surface area contributed by atoms with Crippen LogP contribution in [0.15, 0.2) is 28.1 Å². The van der Waals surface area contributed by atoms with Crippen LogP contribution >= 0.6 is 23.1 Å². The van der Waals surface area contributed by atoms with Crippen LogP contribution in [0, 0.1) is 24.1 Å². The second-order valence-corrected chi connectivity index (χ2v) is 6.82. The lowest BCUT2D eigenvalue weighted by molar-refractivity contribution is 0.619. The molecule has 1 aliphatic heterocycles. The SMILES string of the molecule is CSc1nc2c(s1)C(Nc1ccc(F)c(C)c1)=C(C#N)CN2. The van der Waals surface area contributed by atoms with E-state index in [-0.39, 0.29) is 5.82 Å². The maximum absolute atomic E-state index is 13.4. The summed E-state index contributed by atoms with van der Waals surface area (Å²) in [5, 5.41) is 15.8. The van der Waals surface area contributed by atoms with Gasteiger partial charge in [0.25, 0.3) is 0 Å². The summed E-state index contributed by atoms with van der Waals surface area (Å²) in [5.74, 6) is 0.545. The number of aromatic nitrogens is 1. The highest BCUT2D eigenvalue weighted by Gasteiger charge is 2.23. The van der Waals surface area contributed by atoms with Crippen LogP contribution in [0.4, 0.5) is 15.9 Å². The topological polar surface area (TPSA) is 60.7 Å². The van der Waals surface area contributed by atoms with E-state index in [2.05, 4.69) is 21.7 Å². The molecule has 4 nitrogen and oxygen atoms in total. The van der Waals surface area contributed by atoms with Crippen LogP contribution < -0.4 is 10.6 Å². The standard InChI is InChI=1S/C15H13FN4S2/c1-8-5-10(3-4-11(8)16)19-12-9(6-17)7-18-14-13(12)22-15(20-14)21-2/h3-5,18-19H,7H2,1-2H3. The Balaban J connectivity index is 2.02. The van der Waals surface area contributed by atoms with Crippen molar-refractivity contribution < 1.29 is 4.39 Å². The molecule has 0 atom stereocenters. The number of fused-ring (bicyclic) bond motifs is 1. The molecule has 0 unspecified atom stereocenters. The van der Waals surface area contributed by atoms with Crippen LogP contribution in [-0.2, 0) is 0 Å². The number of aryl methyl sites for hydroxylation is 1. The predicted molar refractivity (Wildman–Crippen MR) is 89.7 cm³/mol. The first-order valence-electron chi connectivity index (χ1n) is 6.58. The van der Waals surface area contributed by atoms with Crippen molar-refractivity contribution in [3.63, 3.8) is 0 Å². The summed E-state index contributed by atoms with van der Waals surface area (Å²) in [6.07, 6.45) is 1.97. The summed E-state index contributed by atoms with van der Waals surface area (Å²) in [6.45, 7) is 2.15. The molecule has 0 amide bonds. The van der Waals surface area contributed by atoms with Crippen molar-refractivity contribution in [1.82, 2.24) is 4.98 Å². The molecule has 2 heterocycles. The number of rotatable bonds is 3. The van der Waals surface area contributed by atoms with Gasteiger partial charge in [-0.2, -0.15) is 5.26 Å². The minimum absolute atomic E-state index is 0.242. The number of benzene rings is 1. The van der Waals surface area contributed by atoms with Gasteiger partial charge in [-0.25, -0.2) is 9.37 Å². The zero-order valence-electron chi connectivity index (χ0n) is 12.0. The molecule has 1 aliphatic rings. The Labute approximate surface area is 136 Å². The normalized spacial score (nSPS) is 13.4. The summed E-state index contributed by atoms with van der Waals surface area (Å²) >= 11 is 3.10. The van der Waals surface area contributed by atoms with Crippen molar-refractivity contribution in [2.24, 2.45) is 0 Å². The third-order valence-corrected chi connectivity index (χ3v) is 5.36. The van der Waals surface area contributed by atoms with Gasteiger partial charge in [-0.05, 0) is 36.9 Å². The fraction of sp³-hybridized carbons (Fsp3) is 0.200. The molecule has 0 radical (unpaired) electrons. The molecule has 22 heavy (non-hydrogen) atoms. The maximum atomic E-state index is 13.4. The molecule has 0 saturated carbocycles. The van der Waals surface area contributed by atoms with Crippen LogP contribution in [0.3, 0.4) is 0 Å². The Morgan fingerprint density at radius 3 is 3.00 bits per heavy atom. The van der Waals surface area contributed by atoms with Gasteiger partial charge in [0.1, 0.15) is 11.6 Å². The van der Waals surface area contributed by atoms with Gasteiger partial charge in [0, 0.05) is 5.69 Å². The minimum atomic E-state index is -0.242. The number of nitriles is 1. The average molecular weight is 332 g/mol. The molecular formula is C15H13FN4S2. The van der Waals surface area contributed by atoms with Gasteiger partial charge in [0.2, 0.25) is 0 Å². The maximum Gasteiger partial charge on any atom is 0.152 e. The number of hydrogen-bond donors (Lipinski definition) is 2. The van der Waals surface area contributed by atoms with Gasteiger partial charge >= 0.3 is 0 Å². The Bertz CT molecular complexity index is 804. The first kappa shape index (κ1) is 14.9. The number of anilines is 2. The molecule has 1 aromatic heterocycles. The molecule has 0 bridgehead atoms. The predicted octanol–water partition coefficient (Wildman–Crippen LogP) is 4.08. The van der Waals surface area contributed by atoms with Gasteiger partial charge < -0.3 is 10.6 Å². The van der Waals surface area contributed by atoms with E-state index in [1.165, 1.54) is 17.4 Å². The summed E-state index contributed by atoms with van der Waals surface area (Å²) in [7, 11) is 0. The number of nitrogens with zero attached hydrogens (tertiary/aromatic N) is 2. The summed E-state index contributed by atoms with van der Waals surface area (Å²) in [6, 6.07) is 7.04. The number of hydrogen-bond acceptors (Lipinski definition) is 6. The molecule has 2 N–H and O–H groups in total. The summed E-state index contributed by atoms with van der Waals surface area (Å²) in [5.41, 5.74) is 2.69. The van der Waals surface area contributed by atoms with Crippen LogP contribution in [0.2, 0.25) is 0 Å². The van der Waals surface area contributed by atoms with Gasteiger partial charge in [-0.3, -0.25) is 0 Å². The Morgan fingerprint density at radius 2 is 2.32 bits per heavy atom. The fourth-order valence-corrected chi connectivity index (χ4v) is 3.74. The number of thioether (sulfide) groups is 1. The monoisotopic (exact) mass is 332 g/mol. The van der Waals surface area contributed by atoms with E-state index in [1.807, 2.05) is 6.26 Å². The Morgan fingerprint density at radius 1 is 1.50 bits per heavy atom. The molecule has 0 spiro atoms. The van der Waals surface area contributed by atoms with E-state index < -0.39 is 0 Å². The molecule has 7 heteroatoms. The highest BCUT2D eigenvalue weighted by molar-refractivity contribution is 8.00. The zero-order valence-corrected chi connectivity index (χ0v) is 13.7. The van der Waals surface area contributed by atoms with E-state index >= 15 is 0 Å². The van der Waals surface area contributed by atoms with E-state index in [4.69, 9.17) is 0 Å². The summed E-state index contributed by atoms with van der Waals surface area (Å²) in [4.78, 5) is 5.40. The van der Waals surface area contributed by atoms with Crippen LogP contribution in [0.1, 0.15) is 10.4 Å². The Kier molecular flexibility index (Phi) is 4.05. The number of thiazole rings is 1. The van der Waals surface area contributed by atoms with Crippen LogP contribution in [0.5, 0.6) is 0 Å². The van der Waals surface area contributed by atoms with Crippen LogP contribution in [-0.4, -0.2) is 17.8 Å². The van der Waals surface area contributed by atoms with Gasteiger partial charge in [0.15, 0.2) is 4.34 Å².